The summed E-state index contributed by atoms with van der Waals surface area (Å²) in [5, 5.41) is -0.269. The lowest BCUT2D eigenvalue weighted by molar-refractivity contribution is 0.288. The summed E-state index contributed by atoms with van der Waals surface area (Å²) in [6, 6.07) is 10.8. The first-order valence-electron chi connectivity index (χ1n) is 6.50. The Morgan fingerprint density at radius 3 is 2.85 bits per heavy atom. The number of ether oxygens (including phenoxy) is 1. The van der Waals surface area contributed by atoms with Gasteiger partial charge in [-0.05, 0) is 70.3 Å². The van der Waals surface area contributed by atoms with Crippen molar-refractivity contribution in [2.24, 2.45) is 0 Å². The first kappa shape index (κ1) is 14.1. The minimum atomic E-state index is -0.269. The zero-order chi connectivity index (χ0) is 14.1. The molecule has 1 nitrogen and oxygen atoms in total. The summed E-state index contributed by atoms with van der Waals surface area (Å²) < 4.78 is 19.6. The van der Waals surface area contributed by atoms with Crippen LogP contribution >= 0.6 is 34.2 Å². The van der Waals surface area contributed by atoms with E-state index in [9.17, 15) is 4.39 Å². The number of alkyl halides is 1. The molecule has 104 valence electrons. The third-order valence-corrected chi connectivity index (χ3v) is 4.88. The molecule has 0 aliphatic carbocycles. The highest BCUT2D eigenvalue weighted by Gasteiger charge is 2.17. The Kier molecular flexibility index (Phi) is 4.17. The fourth-order valence-electron chi connectivity index (χ4n) is 2.42. The van der Waals surface area contributed by atoms with Crippen molar-refractivity contribution >= 4 is 34.2 Å². The van der Waals surface area contributed by atoms with E-state index in [-0.39, 0.29) is 11.2 Å². The lowest BCUT2D eigenvalue weighted by atomic mass is 9.98. The van der Waals surface area contributed by atoms with Crippen molar-refractivity contribution in [1.82, 2.24) is 0 Å². The van der Waals surface area contributed by atoms with Crippen molar-refractivity contribution in [2.75, 3.05) is 6.61 Å². The zero-order valence-electron chi connectivity index (χ0n) is 10.7. The highest BCUT2D eigenvalue weighted by Crippen LogP contribution is 2.35. The van der Waals surface area contributed by atoms with Gasteiger partial charge in [-0.15, -0.1) is 11.6 Å². The third-order valence-electron chi connectivity index (χ3n) is 3.46. The number of aryl methyl sites for hydroxylation is 1. The van der Waals surface area contributed by atoms with Crippen molar-refractivity contribution in [3.05, 3.63) is 62.5 Å². The van der Waals surface area contributed by atoms with Crippen LogP contribution in [0, 0.1) is 9.39 Å². The van der Waals surface area contributed by atoms with Gasteiger partial charge < -0.3 is 4.74 Å². The molecule has 0 N–H and O–H groups in total. The van der Waals surface area contributed by atoms with Crippen LogP contribution in [-0.2, 0) is 6.42 Å². The molecule has 2 aromatic rings. The summed E-state index contributed by atoms with van der Waals surface area (Å²) in [5.41, 5.74) is 3.17. The minimum Gasteiger partial charge on any atom is -0.493 e. The van der Waals surface area contributed by atoms with Crippen LogP contribution in [0.1, 0.15) is 28.5 Å². The fourth-order valence-corrected chi connectivity index (χ4v) is 3.72. The van der Waals surface area contributed by atoms with E-state index < -0.39 is 0 Å². The average molecular weight is 403 g/mol. The normalized spacial score (nSPS) is 15.3. The van der Waals surface area contributed by atoms with Crippen molar-refractivity contribution in [2.45, 2.75) is 18.2 Å². The molecule has 0 spiro atoms. The predicted molar refractivity (Wildman–Crippen MR) is 87.1 cm³/mol. The zero-order valence-corrected chi connectivity index (χ0v) is 13.6. The Hall–Kier alpha value is -0.810. The topological polar surface area (TPSA) is 9.23 Å². The minimum absolute atomic E-state index is 0.235. The highest BCUT2D eigenvalue weighted by molar-refractivity contribution is 14.1. The number of rotatable bonds is 2. The monoisotopic (exact) mass is 402 g/mol. The summed E-state index contributed by atoms with van der Waals surface area (Å²) in [7, 11) is 0. The van der Waals surface area contributed by atoms with Gasteiger partial charge in [-0.1, -0.05) is 18.2 Å². The maximum absolute atomic E-state index is 13.2. The SMILES string of the molecule is Fc1ccc(C(Cl)c2ccc3c(c2)CCCO3)c(I)c1. The molecule has 1 unspecified atom stereocenters. The standard InChI is InChI=1S/C16H13ClFIO/c17-16(13-5-4-12(18)9-14(13)19)11-3-6-15-10(8-11)2-1-7-20-15/h3-6,8-9,16H,1-2,7H2. The van der Waals surface area contributed by atoms with Gasteiger partial charge in [0.1, 0.15) is 11.6 Å². The summed E-state index contributed by atoms with van der Waals surface area (Å²) in [6.07, 6.45) is 2.06. The van der Waals surface area contributed by atoms with E-state index in [1.54, 1.807) is 6.07 Å². The summed E-state index contributed by atoms with van der Waals surface area (Å²) in [6.45, 7) is 0.784. The van der Waals surface area contributed by atoms with Gasteiger partial charge in [-0.2, -0.15) is 0 Å². The molecule has 0 saturated carbocycles. The molecule has 1 heterocycles. The van der Waals surface area contributed by atoms with E-state index in [1.807, 2.05) is 12.1 Å². The van der Waals surface area contributed by atoms with Crippen LogP contribution in [0.25, 0.3) is 0 Å². The second-order valence-electron chi connectivity index (χ2n) is 4.85. The summed E-state index contributed by atoms with van der Waals surface area (Å²) >= 11 is 8.69. The van der Waals surface area contributed by atoms with Crippen LogP contribution < -0.4 is 4.74 Å². The molecular formula is C16H13ClFIO. The molecule has 3 rings (SSSR count). The van der Waals surface area contributed by atoms with Gasteiger partial charge in [0.15, 0.2) is 0 Å². The van der Waals surface area contributed by atoms with Crippen LogP contribution in [0.2, 0.25) is 0 Å². The lowest BCUT2D eigenvalue weighted by Gasteiger charge is -2.20. The van der Waals surface area contributed by atoms with E-state index in [4.69, 9.17) is 16.3 Å². The Bertz CT molecular complexity index is 644. The van der Waals surface area contributed by atoms with Gasteiger partial charge in [0.2, 0.25) is 0 Å². The largest absolute Gasteiger partial charge is 0.493 e. The predicted octanol–water partition coefficient (Wildman–Crippen LogP) is 5.08. The van der Waals surface area contributed by atoms with E-state index in [0.29, 0.717) is 0 Å². The van der Waals surface area contributed by atoms with Crippen molar-refractivity contribution in [1.29, 1.82) is 0 Å². The Morgan fingerprint density at radius 2 is 2.05 bits per heavy atom. The van der Waals surface area contributed by atoms with E-state index in [0.717, 1.165) is 39.9 Å². The smallest absolute Gasteiger partial charge is 0.124 e. The van der Waals surface area contributed by atoms with E-state index in [1.165, 1.54) is 17.7 Å². The number of fused-ring (bicyclic) bond motifs is 1. The molecule has 4 heteroatoms. The van der Waals surface area contributed by atoms with Gasteiger partial charge >= 0.3 is 0 Å². The Balaban J connectivity index is 1.95. The van der Waals surface area contributed by atoms with Crippen LogP contribution in [0.3, 0.4) is 0 Å². The molecular weight excluding hydrogens is 390 g/mol. The number of benzene rings is 2. The fraction of sp³-hybridized carbons (Fsp3) is 0.250. The lowest BCUT2D eigenvalue weighted by Crippen LogP contribution is -2.09. The molecule has 1 atom stereocenters. The molecule has 1 aliphatic heterocycles. The number of hydrogen-bond acceptors (Lipinski definition) is 1. The Labute approximate surface area is 136 Å². The van der Waals surface area contributed by atoms with Crippen LogP contribution in [-0.4, -0.2) is 6.61 Å². The second kappa shape index (κ2) is 5.90. The first-order chi connectivity index (χ1) is 9.65. The second-order valence-corrected chi connectivity index (χ2v) is 6.45. The molecule has 1 aliphatic rings. The van der Waals surface area contributed by atoms with Gasteiger partial charge in [0.05, 0.1) is 12.0 Å². The Morgan fingerprint density at radius 1 is 1.20 bits per heavy atom. The average Bonchev–Trinajstić information content (AvgIpc) is 2.46. The van der Waals surface area contributed by atoms with Crippen LogP contribution in [0.5, 0.6) is 5.75 Å². The first-order valence-corrected chi connectivity index (χ1v) is 8.01. The molecule has 0 saturated heterocycles. The van der Waals surface area contributed by atoms with Gasteiger partial charge in [0.25, 0.3) is 0 Å². The highest BCUT2D eigenvalue weighted by atomic mass is 127. The van der Waals surface area contributed by atoms with Crippen molar-refractivity contribution in [3.63, 3.8) is 0 Å². The van der Waals surface area contributed by atoms with Crippen molar-refractivity contribution < 1.29 is 9.13 Å². The van der Waals surface area contributed by atoms with Gasteiger partial charge in [0, 0.05) is 3.57 Å². The summed E-state index contributed by atoms with van der Waals surface area (Å²) in [4.78, 5) is 0. The van der Waals surface area contributed by atoms with Crippen LogP contribution in [0.4, 0.5) is 4.39 Å². The summed E-state index contributed by atoms with van der Waals surface area (Å²) in [5.74, 6) is 0.721. The molecule has 0 fully saturated rings. The van der Waals surface area contributed by atoms with Crippen LogP contribution in [0.15, 0.2) is 36.4 Å². The molecule has 0 radical (unpaired) electrons. The maximum Gasteiger partial charge on any atom is 0.124 e. The molecule has 0 amide bonds. The van der Waals surface area contributed by atoms with E-state index >= 15 is 0 Å². The van der Waals surface area contributed by atoms with Crippen molar-refractivity contribution in [3.8, 4) is 5.75 Å². The quantitative estimate of drug-likeness (QED) is 0.503. The van der Waals surface area contributed by atoms with E-state index in [2.05, 4.69) is 28.7 Å². The van der Waals surface area contributed by atoms with Gasteiger partial charge in [-0.25, -0.2) is 4.39 Å². The molecule has 0 aromatic heterocycles. The number of hydrogen-bond donors (Lipinski definition) is 0. The third kappa shape index (κ3) is 2.79. The molecule has 2 aromatic carbocycles. The molecule has 20 heavy (non-hydrogen) atoms. The number of halogens is 3. The maximum atomic E-state index is 13.2. The molecule has 0 bridgehead atoms. The van der Waals surface area contributed by atoms with Gasteiger partial charge in [-0.3, -0.25) is 0 Å².